The van der Waals surface area contributed by atoms with Crippen molar-refractivity contribution in [1.82, 2.24) is 9.80 Å². The quantitative estimate of drug-likeness (QED) is 0.787. The number of hydrogen-bond donors (Lipinski definition) is 0. The van der Waals surface area contributed by atoms with Gasteiger partial charge in [-0.25, -0.2) is 9.36 Å². The van der Waals surface area contributed by atoms with Crippen LogP contribution in [-0.4, -0.2) is 53.6 Å². The van der Waals surface area contributed by atoms with Crippen molar-refractivity contribution in [2.45, 2.75) is 52.7 Å². The Morgan fingerprint density at radius 2 is 1.68 bits per heavy atom. The molecule has 1 saturated heterocycles. The highest BCUT2D eigenvalue weighted by Crippen LogP contribution is 2.12. The van der Waals surface area contributed by atoms with Crippen LogP contribution in [0.4, 0.5) is 4.79 Å². The van der Waals surface area contributed by atoms with Gasteiger partial charge in [-0.1, -0.05) is 0 Å². The molecular weight excluding hydrogens is 318 g/mol. The fourth-order valence-corrected chi connectivity index (χ4v) is 2.74. The van der Waals surface area contributed by atoms with E-state index < -0.39 is 5.60 Å². The molecular formula is C19H30N3O3+. The fraction of sp³-hybridized carbons (Fsp3) is 0.632. The van der Waals surface area contributed by atoms with Crippen molar-refractivity contribution in [2.75, 3.05) is 26.2 Å². The summed E-state index contributed by atoms with van der Waals surface area (Å²) in [6.45, 7) is 10.7. The summed E-state index contributed by atoms with van der Waals surface area (Å²) in [5.41, 5.74) is 0.710. The van der Waals surface area contributed by atoms with Crippen molar-refractivity contribution in [1.29, 1.82) is 0 Å². The monoisotopic (exact) mass is 348 g/mol. The maximum Gasteiger partial charge on any atom is 0.410 e. The minimum Gasteiger partial charge on any atom is -0.444 e. The van der Waals surface area contributed by atoms with Crippen LogP contribution in [0.1, 0.15) is 39.2 Å². The summed E-state index contributed by atoms with van der Waals surface area (Å²) in [4.78, 5) is 28.2. The molecule has 1 aromatic heterocycles. The molecule has 0 aromatic carbocycles. The van der Waals surface area contributed by atoms with Crippen molar-refractivity contribution in [3.63, 3.8) is 0 Å². The molecule has 0 atom stereocenters. The van der Waals surface area contributed by atoms with Gasteiger partial charge in [0, 0.05) is 38.3 Å². The molecule has 1 aliphatic rings. The van der Waals surface area contributed by atoms with Crippen LogP contribution in [0.2, 0.25) is 0 Å². The molecule has 1 aromatic rings. The lowest BCUT2D eigenvalue weighted by molar-refractivity contribution is -0.696. The molecule has 0 bridgehead atoms. The zero-order chi connectivity index (χ0) is 18.4. The minimum absolute atomic E-state index is 0.138. The predicted molar refractivity (Wildman–Crippen MR) is 95.0 cm³/mol. The van der Waals surface area contributed by atoms with E-state index in [4.69, 9.17) is 4.74 Å². The van der Waals surface area contributed by atoms with Crippen LogP contribution in [0.5, 0.6) is 0 Å². The molecule has 2 amide bonds. The van der Waals surface area contributed by atoms with E-state index in [2.05, 4.69) is 0 Å². The molecule has 0 unspecified atom stereocenters. The number of nitrogens with zero attached hydrogens (tertiary/aromatic N) is 3. The standard InChI is InChI=1S/C19H30N3O3/c1-16-6-11-20(12-7-16)13-8-17(23)21-9-5-10-22(15-14-21)18(24)25-19(2,3)4/h6-7,11-12H,5,8-10,13-15H2,1-4H3/q+1. The average molecular weight is 348 g/mol. The normalized spacial score (nSPS) is 15.7. The molecule has 0 N–H and O–H groups in total. The van der Waals surface area contributed by atoms with E-state index in [0.29, 0.717) is 39.1 Å². The third kappa shape index (κ3) is 6.36. The molecule has 0 aliphatic carbocycles. The number of ether oxygens (including phenoxy) is 1. The van der Waals surface area contributed by atoms with E-state index in [-0.39, 0.29) is 12.0 Å². The van der Waals surface area contributed by atoms with Gasteiger partial charge in [0.05, 0.1) is 6.42 Å². The largest absolute Gasteiger partial charge is 0.444 e. The molecule has 0 spiro atoms. The molecule has 138 valence electrons. The van der Waals surface area contributed by atoms with Crippen LogP contribution in [-0.2, 0) is 16.1 Å². The first-order chi connectivity index (χ1) is 11.7. The lowest BCUT2D eigenvalue weighted by Gasteiger charge is -2.26. The van der Waals surface area contributed by atoms with Gasteiger partial charge in [0.2, 0.25) is 5.91 Å². The van der Waals surface area contributed by atoms with E-state index in [9.17, 15) is 9.59 Å². The fourth-order valence-electron chi connectivity index (χ4n) is 2.74. The van der Waals surface area contributed by atoms with Crippen LogP contribution in [0.25, 0.3) is 0 Å². The summed E-state index contributed by atoms with van der Waals surface area (Å²) in [6.07, 6.45) is 4.95. The Bertz CT molecular complexity index is 593. The number of carbonyl (C=O) groups excluding carboxylic acids is 2. The van der Waals surface area contributed by atoms with Gasteiger partial charge in [-0.15, -0.1) is 0 Å². The Kier molecular flexibility index (Phi) is 6.39. The van der Waals surface area contributed by atoms with Crippen LogP contribution in [0.3, 0.4) is 0 Å². The third-order valence-corrected chi connectivity index (χ3v) is 4.14. The van der Waals surface area contributed by atoms with Crippen molar-refractivity contribution in [3.8, 4) is 0 Å². The molecule has 6 heteroatoms. The third-order valence-electron chi connectivity index (χ3n) is 4.14. The Morgan fingerprint density at radius 3 is 2.32 bits per heavy atom. The summed E-state index contributed by atoms with van der Waals surface area (Å²) in [5.74, 6) is 0.138. The minimum atomic E-state index is -0.496. The molecule has 0 radical (unpaired) electrons. The second-order valence-corrected chi connectivity index (χ2v) is 7.57. The number of rotatable bonds is 3. The number of aromatic nitrogens is 1. The van der Waals surface area contributed by atoms with E-state index >= 15 is 0 Å². The first-order valence-electron chi connectivity index (χ1n) is 8.96. The lowest BCUT2D eigenvalue weighted by Crippen LogP contribution is -2.41. The lowest BCUT2D eigenvalue weighted by atomic mass is 10.2. The van der Waals surface area contributed by atoms with Crippen LogP contribution in [0.15, 0.2) is 24.5 Å². The van der Waals surface area contributed by atoms with E-state index in [1.807, 2.05) is 61.7 Å². The second kappa shape index (κ2) is 8.32. The maximum absolute atomic E-state index is 12.5. The van der Waals surface area contributed by atoms with E-state index in [1.165, 1.54) is 5.56 Å². The Labute approximate surface area is 150 Å². The zero-order valence-corrected chi connectivity index (χ0v) is 15.8. The van der Waals surface area contributed by atoms with Crippen LogP contribution >= 0.6 is 0 Å². The number of amides is 2. The molecule has 25 heavy (non-hydrogen) atoms. The number of aryl methyl sites for hydroxylation is 2. The summed E-state index contributed by atoms with van der Waals surface area (Å²) >= 11 is 0. The second-order valence-electron chi connectivity index (χ2n) is 7.57. The van der Waals surface area contributed by atoms with Gasteiger partial charge >= 0.3 is 6.09 Å². The first kappa shape index (κ1) is 19.2. The topological polar surface area (TPSA) is 53.7 Å². The van der Waals surface area contributed by atoms with Gasteiger partial charge in [0.1, 0.15) is 5.60 Å². The summed E-state index contributed by atoms with van der Waals surface area (Å²) in [5, 5.41) is 0. The number of carbonyl (C=O) groups is 2. The Morgan fingerprint density at radius 1 is 1.08 bits per heavy atom. The molecule has 2 heterocycles. The number of pyridine rings is 1. The van der Waals surface area contributed by atoms with E-state index in [1.54, 1.807) is 4.90 Å². The number of hydrogen-bond acceptors (Lipinski definition) is 3. The van der Waals surface area contributed by atoms with Crippen LogP contribution in [0, 0.1) is 6.92 Å². The van der Waals surface area contributed by atoms with Gasteiger partial charge < -0.3 is 14.5 Å². The van der Waals surface area contributed by atoms with Gasteiger partial charge in [0.15, 0.2) is 18.9 Å². The first-order valence-corrected chi connectivity index (χ1v) is 8.96. The highest BCUT2D eigenvalue weighted by atomic mass is 16.6. The smallest absolute Gasteiger partial charge is 0.410 e. The van der Waals surface area contributed by atoms with Crippen molar-refractivity contribution in [2.24, 2.45) is 0 Å². The van der Waals surface area contributed by atoms with Gasteiger partial charge in [-0.05, 0) is 39.7 Å². The summed E-state index contributed by atoms with van der Waals surface area (Å²) in [7, 11) is 0. The van der Waals surface area contributed by atoms with Gasteiger partial charge in [0.25, 0.3) is 0 Å². The molecule has 2 rings (SSSR count). The Balaban J connectivity index is 1.82. The van der Waals surface area contributed by atoms with Crippen LogP contribution < -0.4 is 4.57 Å². The van der Waals surface area contributed by atoms with Gasteiger partial charge in [-0.2, -0.15) is 0 Å². The summed E-state index contributed by atoms with van der Waals surface area (Å²) in [6, 6.07) is 4.07. The van der Waals surface area contributed by atoms with Gasteiger partial charge in [-0.3, -0.25) is 4.79 Å². The van der Waals surface area contributed by atoms with E-state index in [0.717, 1.165) is 6.42 Å². The highest BCUT2D eigenvalue weighted by molar-refractivity contribution is 5.76. The predicted octanol–water partition coefficient (Wildman–Crippen LogP) is 2.14. The highest BCUT2D eigenvalue weighted by Gasteiger charge is 2.26. The molecule has 1 aliphatic heterocycles. The molecule has 1 fully saturated rings. The SMILES string of the molecule is Cc1cc[n+](CCC(=O)N2CCCN(C(=O)OC(C)(C)C)CC2)cc1. The van der Waals surface area contributed by atoms with Crippen molar-refractivity contribution < 1.29 is 18.9 Å². The maximum atomic E-state index is 12.5. The molecule has 6 nitrogen and oxygen atoms in total. The van der Waals surface area contributed by atoms with Crippen molar-refractivity contribution in [3.05, 3.63) is 30.1 Å². The zero-order valence-electron chi connectivity index (χ0n) is 15.8. The molecule has 0 saturated carbocycles. The average Bonchev–Trinajstić information content (AvgIpc) is 2.78. The summed E-state index contributed by atoms with van der Waals surface area (Å²) < 4.78 is 7.45. The van der Waals surface area contributed by atoms with Crippen molar-refractivity contribution >= 4 is 12.0 Å². The Hall–Kier alpha value is -2.11.